The average Bonchev–Trinajstić information content (AvgIpc) is 2.29. The van der Waals surface area contributed by atoms with Crippen molar-refractivity contribution in [3.63, 3.8) is 0 Å². The monoisotopic (exact) mass is 250 g/mol. The van der Waals surface area contributed by atoms with Gasteiger partial charge < -0.3 is 0 Å². The molecule has 0 bridgehead atoms. The van der Waals surface area contributed by atoms with E-state index < -0.39 is 0 Å². The smallest absolute Gasteiger partial charge is 0.0535 e. The summed E-state index contributed by atoms with van der Waals surface area (Å²) < 4.78 is 0. The lowest BCUT2D eigenvalue weighted by atomic mass is 10.1. The molecule has 0 unspecified atom stereocenters. The Kier molecular flexibility index (Phi) is 5.79. The number of rotatable bonds is 6. The Morgan fingerprint density at radius 2 is 1.72 bits per heavy atom. The fourth-order valence-electron chi connectivity index (χ4n) is 1.63. The minimum Gasteiger partial charge on any atom is -0.299 e. The van der Waals surface area contributed by atoms with Gasteiger partial charge in [0.2, 0.25) is 0 Å². The van der Waals surface area contributed by atoms with Crippen molar-refractivity contribution in [3.8, 4) is 0 Å². The fourth-order valence-corrected chi connectivity index (χ4v) is 1.63. The number of nitrogens with one attached hydrogen (secondary N) is 1. The highest BCUT2D eigenvalue weighted by Crippen LogP contribution is 2.08. The van der Waals surface area contributed by atoms with Crippen molar-refractivity contribution in [1.29, 1.82) is 0 Å². The molecule has 102 valence electrons. The van der Waals surface area contributed by atoms with Crippen LogP contribution >= 0.6 is 0 Å². The molecule has 2 N–H and O–H groups in total. The molecule has 0 saturated carbocycles. The van der Waals surface area contributed by atoms with Gasteiger partial charge in [-0.25, -0.2) is 5.43 Å². The van der Waals surface area contributed by atoms with Gasteiger partial charge in [0.25, 0.3) is 0 Å². The van der Waals surface area contributed by atoms with Gasteiger partial charge in [-0.3, -0.25) is 5.21 Å². The highest BCUT2D eigenvalue weighted by Gasteiger charge is 2.18. The number of unbranched alkanes of at least 4 members (excludes halogenated alkanes) is 1. The maximum absolute atomic E-state index is 9.65. The van der Waals surface area contributed by atoms with Crippen molar-refractivity contribution >= 4 is 0 Å². The molecule has 1 rings (SSSR count). The van der Waals surface area contributed by atoms with Gasteiger partial charge in [0.15, 0.2) is 0 Å². The standard InChI is InChI=1S/C15H26N2O/c1-13-8-10-14(11-9-13)7-5-6-12-16-17(18)15(2,3)4/h8-11,16,18H,5-7,12H2,1-4H3. The Morgan fingerprint density at radius 1 is 1.11 bits per heavy atom. The predicted octanol–water partition coefficient (Wildman–Crippen LogP) is 3.31. The van der Waals surface area contributed by atoms with Crippen LogP contribution in [0.5, 0.6) is 0 Å². The molecule has 1 aromatic rings. The lowest BCUT2D eigenvalue weighted by Gasteiger charge is -2.29. The van der Waals surface area contributed by atoms with E-state index in [1.165, 1.54) is 16.3 Å². The van der Waals surface area contributed by atoms with Crippen LogP contribution in [0.2, 0.25) is 0 Å². The quantitative estimate of drug-likeness (QED) is 0.600. The van der Waals surface area contributed by atoms with Gasteiger partial charge in [-0.15, -0.1) is 5.17 Å². The first-order valence-corrected chi connectivity index (χ1v) is 6.68. The van der Waals surface area contributed by atoms with Crippen molar-refractivity contribution in [2.24, 2.45) is 0 Å². The van der Waals surface area contributed by atoms with E-state index in [4.69, 9.17) is 0 Å². The van der Waals surface area contributed by atoms with Crippen molar-refractivity contribution < 1.29 is 5.21 Å². The number of benzene rings is 1. The zero-order valence-electron chi connectivity index (χ0n) is 12.0. The van der Waals surface area contributed by atoms with Crippen LogP contribution < -0.4 is 5.43 Å². The molecule has 0 heterocycles. The third-order valence-electron chi connectivity index (χ3n) is 2.91. The minimum atomic E-state index is -0.253. The molecule has 0 fully saturated rings. The van der Waals surface area contributed by atoms with Gasteiger partial charge in [0, 0.05) is 6.54 Å². The third kappa shape index (κ3) is 5.63. The van der Waals surface area contributed by atoms with Gasteiger partial charge in [-0.1, -0.05) is 29.8 Å². The molecule has 0 aliphatic rings. The van der Waals surface area contributed by atoms with Crippen LogP contribution in [0.3, 0.4) is 0 Å². The number of nitrogens with zero attached hydrogens (tertiary/aromatic N) is 1. The maximum Gasteiger partial charge on any atom is 0.0535 e. The van der Waals surface area contributed by atoms with Crippen LogP contribution in [0.1, 0.15) is 44.7 Å². The zero-order chi connectivity index (χ0) is 13.6. The van der Waals surface area contributed by atoms with Crippen LogP contribution in [0.4, 0.5) is 0 Å². The summed E-state index contributed by atoms with van der Waals surface area (Å²) in [6, 6.07) is 8.69. The second-order valence-electron chi connectivity index (χ2n) is 5.83. The highest BCUT2D eigenvalue weighted by atomic mass is 16.5. The predicted molar refractivity (Wildman–Crippen MR) is 75.5 cm³/mol. The Balaban J connectivity index is 2.14. The molecule has 18 heavy (non-hydrogen) atoms. The van der Waals surface area contributed by atoms with Gasteiger partial charge >= 0.3 is 0 Å². The normalized spacial score (nSPS) is 12.1. The topological polar surface area (TPSA) is 35.5 Å². The summed E-state index contributed by atoms with van der Waals surface area (Å²) in [5.41, 5.74) is 5.45. The van der Waals surface area contributed by atoms with Gasteiger partial charge in [0.05, 0.1) is 5.54 Å². The number of hydroxylamine groups is 1. The summed E-state index contributed by atoms with van der Waals surface area (Å²) in [6.07, 6.45) is 3.29. The summed E-state index contributed by atoms with van der Waals surface area (Å²) in [5.74, 6) is 0. The molecule has 1 aromatic carbocycles. The number of aryl methyl sites for hydroxylation is 2. The van der Waals surface area contributed by atoms with Crippen LogP contribution in [0, 0.1) is 6.92 Å². The molecule has 0 atom stereocenters. The first-order valence-electron chi connectivity index (χ1n) is 6.68. The molecule has 0 aromatic heterocycles. The van der Waals surface area contributed by atoms with E-state index in [-0.39, 0.29) is 5.54 Å². The molecule has 3 nitrogen and oxygen atoms in total. The SMILES string of the molecule is Cc1ccc(CCCCNN(O)C(C)(C)C)cc1. The molecular formula is C15H26N2O. The van der Waals surface area contributed by atoms with Crippen molar-refractivity contribution in [1.82, 2.24) is 10.6 Å². The van der Waals surface area contributed by atoms with Gasteiger partial charge in [-0.2, -0.15) is 0 Å². The number of hydrogen-bond acceptors (Lipinski definition) is 3. The van der Waals surface area contributed by atoms with Gasteiger partial charge in [0.1, 0.15) is 0 Å². The second-order valence-corrected chi connectivity index (χ2v) is 5.83. The van der Waals surface area contributed by atoms with Crippen LogP contribution in [-0.2, 0) is 6.42 Å². The molecule has 0 spiro atoms. The summed E-state index contributed by atoms with van der Waals surface area (Å²) in [6.45, 7) is 8.81. The first kappa shape index (κ1) is 15.2. The van der Waals surface area contributed by atoms with E-state index in [1.54, 1.807) is 0 Å². The summed E-state index contributed by atoms with van der Waals surface area (Å²) in [5, 5.41) is 10.8. The molecule has 0 amide bonds. The molecular weight excluding hydrogens is 224 g/mol. The zero-order valence-corrected chi connectivity index (χ0v) is 12.0. The fraction of sp³-hybridized carbons (Fsp3) is 0.600. The lowest BCUT2D eigenvalue weighted by molar-refractivity contribution is -0.197. The molecule has 0 aliphatic carbocycles. The Hall–Kier alpha value is -0.900. The van der Waals surface area contributed by atoms with Crippen molar-refractivity contribution in [2.45, 2.75) is 52.5 Å². The highest BCUT2D eigenvalue weighted by molar-refractivity contribution is 5.21. The Morgan fingerprint density at radius 3 is 2.28 bits per heavy atom. The van der Waals surface area contributed by atoms with Crippen LogP contribution in [0.25, 0.3) is 0 Å². The summed E-state index contributed by atoms with van der Waals surface area (Å²) in [4.78, 5) is 0. The summed E-state index contributed by atoms with van der Waals surface area (Å²) >= 11 is 0. The van der Waals surface area contributed by atoms with E-state index in [9.17, 15) is 5.21 Å². The molecule has 3 heteroatoms. The second kappa shape index (κ2) is 6.88. The average molecular weight is 250 g/mol. The lowest BCUT2D eigenvalue weighted by Crippen LogP contribution is -2.48. The first-order chi connectivity index (χ1) is 8.39. The maximum atomic E-state index is 9.65. The number of hydrazine groups is 1. The van der Waals surface area contributed by atoms with E-state index in [0.717, 1.165) is 25.8 Å². The number of hydrogen-bond donors (Lipinski definition) is 2. The van der Waals surface area contributed by atoms with Gasteiger partial charge in [-0.05, 0) is 52.5 Å². The van der Waals surface area contributed by atoms with Crippen molar-refractivity contribution in [2.75, 3.05) is 6.54 Å². The van der Waals surface area contributed by atoms with E-state index >= 15 is 0 Å². The van der Waals surface area contributed by atoms with E-state index in [1.807, 2.05) is 20.8 Å². The molecule has 0 aliphatic heterocycles. The summed E-state index contributed by atoms with van der Waals surface area (Å²) in [7, 11) is 0. The molecule has 0 radical (unpaired) electrons. The van der Waals surface area contributed by atoms with Crippen molar-refractivity contribution in [3.05, 3.63) is 35.4 Å². The van der Waals surface area contributed by atoms with Crippen LogP contribution in [0.15, 0.2) is 24.3 Å². The Bertz CT molecular complexity index is 341. The Labute approximate surface area is 111 Å². The molecule has 0 saturated heterocycles. The minimum absolute atomic E-state index is 0.253. The van der Waals surface area contributed by atoms with E-state index in [0.29, 0.717) is 0 Å². The van der Waals surface area contributed by atoms with Crippen LogP contribution in [-0.4, -0.2) is 22.5 Å². The third-order valence-corrected chi connectivity index (χ3v) is 2.91. The van der Waals surface area contributed by atoms with E-state index in [2.05, 4.69) is 36.6 Å². The largest absolute Gasteiger partial charge is 0.299 e.